The summed E-state index contributed by atoms with van der Waals surface area (Å²) in [5, 5.41) is 5.25. The summed E-state index contributed by atoms with van der Waals surface area (Å²) in [5.74, 6) is 0.198. The summed E-state index contributed by atoms with van der Waals surface area (Å²) in [6.07, 6.45) is 1.83. The zero-order chi connectivity index (χ0) is 19.5. The highest BCUT2D eigenvalue weighted by Crippen LogP contribution is 2.22. The number of carbonyl (C=O) groups excluding carboxylic acids is 2. The first-order valence-electron chi connectivity index (χ1n) is 9.19. The lowest BCUT2D eigenvalue weighted by molar-refractivity contribution is -0.128. The third-order valence-corrected chi connectivity index (χ3v) is 5.00. The fraction of sp³-hybridized carbons (Fsp3) is 0.227. The second kappa shape index (κ2) is 7.68. The molecule has 6 heteroatoms. The van der Waals surface area contributed by atoms with Gasteiger partial charge in [-0.3, -0.25) is 9.59 Å². The minimum Gasteiger partial charge on any atom is -0.481 e. The lowest BCUT2D eigenvalue weighted by Gasteiger charge is -2.18. The number of likely N-dealkylation sites (tertiary alicyclic amines) is 1. The Kier molecular flexibility index (Phi) is 4.93. The zero-order valence-electron chi connectivity index (χ0n) is 15.6. The first-order valence-corrected chi connectivity index (χ1v) is 9.19. The van der Waals surface area contributed by atoms with Crippen LogP contribution in [-0.2, 0) is 11.3 Å². The molecule has 0 spiro atoms. The molecule has 0 bridgehead atoms. The molecular weight excluding hydrogens is 354 g/mol. The maximum atomic E-state index is 12.5. The van der Waals surface area contributed by atoms with Gasteiger partial charge < -0.3 is 15.0 Å². The van der Waals surface area contributed by atoms with Crippen LogP contribution in [-0.4, -0.2) is 41.4 Å². The molecule has 1 aliphatic rings. The molecule has 0 aliphatic carbocycles. The van der Waals surface area contributed by atoms with Crippen LogP contribution in [0.1, 0.15) is 22.3 Å². The van der Waals surface area contributed by atoms with Gasteiger partial charge in [-0.25, -0.2) is 4.98 Å². The van der Waals surface area contributed by atoms with Crippen molar-refractivity contribution < 1.29 is 14.3 Å². The van der Waals surface area contributed by atoms with Crippen molar-refractivity contribution in [3.05, 3.63) is 71.9 Å². The molecule has 6 nitrogen and oxygen atoms in total. The highest BCUT2D eigenvalue weighted by molar-refractivity contribution is 5.95. The highest BCUT2D eigenvalue weighted by Gasteiger charge is 2.31. The van der Waals surface area contributed by atoms with E-state index in [2.05, 4.69) is 28.5 Å². The van der Waals surface area contributed by atoms with Crippen molar-refractivity contribution in [2.45, 2.75) is 19.0 Å². The molecule has 1 fully saturated rings. The van der Waals surface area contributed by atoms with Gasteiger partial charge in [0.15, 0.2) is 0 Å². The van der Waals surface area contributed by atoms with Crippen molar-refractivity contribution in [1.82, 2.24) is 15.2 Å². The van der Waals surface area contributed by atoms with Gasteiger partial charge in [0.25, 0.3) is 5.91 Å². The summed E-state index contributed by atoms with van der Waals surface area (Å²) in [6, 6.07) is 17.3. The third kappa shape index (κ3) is 3.67. The Bertz CT molecular complexity index is 1030. The summed E-state index contributed by atoms with van der Waals surface area (Å²) in [7, 11) is 1.50. The van der Waals surface area contributed by atoms with Gasteiger partial charge in [-0.05, 0) is 22.4 Å². The average Bonchev–Trinajstić information content (AvgIpc) is 3.07. The number of hydrogen-bond donors (Lipinski definition) is 1. The fourth-order valence-electron chi connectivity index (χ4n) is 3.59. The lowest BCUT2D eigenvalue weighted by atomic mass is 10.0. The highest BCUT2D eigenvalue weighted by atomic mass is 16.5. The van der Waals surface area contributed by atoms with E-state index in [1.165, 1.54) is 13.3 Å². The lowest BCUT2D eigenvalue weighted by Crippen LogP contribution is -2.37. The van der Waals surface area contributed by atoms with E-state index in [9.17, 15) is 9.59 Å². The molecule has 2 amide bonds. The van der Waals surface area contributed by atoms with Gasteiger partial charge in [0.1, 0.15) is 0 Å². The summed E-state index contributed by atoms with van der Waals surface area (Å²) < 4.78 is 5.06. The fourth-order valence-corrected chi connectivity index (χ4v) is 3.59. The number of ether oxygens (including phenoxy) is 1. The normalized spacial score (nSPS) is 16.4. The first kappa shape index (κ1) is 18.0. The van der Waals surface area contributed by atoms with Crippen LogP contribution in [0.3, 0.4) is 0 Å². The van der Waals surface area contributed by atoms with E-state index < -0.39 is 0 Å². The quantitative estimate of drug-likeness (QED) is 0.744. The Morgan fingerprint density at radius 1 is 1.21 bits per heavy atom. The van der Waals surface area contributed by atoms with E-state index >= 15 is 0 Å². The molecule has 0 saturated carbocycles. The zero-order valence-corrected chi connectivity index (χ0v) is 15.6. The van der Waals surface area contributed by atoms with Gasteiger partial charge in [0.05, 0.1) is 13.2 Å². The Hall–Kier alpha value is -3.41. The molecule has 1 saturated heterocycles. The van der Waals surface area contributed by atoms with Crippen LogP contribution in [0, 0.1) is 0 Å². The maximum absolute atomic E-state index is 12.5. The van der Waals surface area contributed by atoms with Crippen molar-refractivity contribution in [3.8, 4) is 5.88 Å². The van der Waals surface area contributed by atoms with Crippen LogP contribution in [0.25, 0.3) is 10.8 Å². The Morgan fingerprint density at radius 2 is 2.04 bits per heavy atom. The molecule has 4 rings (SSSR count). The molecule has 142 valence electrons. The van der Waals surface area contributed by atoms with Crippen molar-refractivity contribution in [2.24, 2.45) is 0 Å². The van der Waals surface area contributed by atoms with Crippen LogP contribution in [0.2, 0.25) is 0 Å². The van der Waals surface area contributed by atoms with E-state index in [-0.39, 0.29) is 17.9 Å². The summed E-state index contributed by atoms with van der Waals surface area (Å²) in [4.78, 5) is 30.8. The Balaban J connectivity index is 1.44. The molecule has 1 aromatic heterocycles. The van der Waals surface area contributed by atoms with Crippen molar-refractivity contribution in [1.29, 1.82) is 0 Å². The van der Waals surface area contributed by atoms with Gasteiger partial charge in [-0.2, -0.15) is 0 Å². The second-order valence-corrected chi connectivity index (χ2v) is 6.87. The monoisotopic (exact) mass is 375 g/mol. The second-order valence-electron chi connectivity index (χ2n) is 6.87. The number of methoxy groups -OCH3 is 1. The smallest absolute Gasteiger partial charge is 0.251 e. The van der Waals surface area contributed by atoms with Crippen LogP contribution in [0.15, 0.2) is 60.8 Å². The van der Waals surface area contributed by atoms with E-state index in [4.69, 9.17) is 4.74 Å². The predicted molar refractivity (Wildman–Crippen MR) is 106 cm³/mol. The number of nitrogens with one attached hydrogen (secondary N) is 1. The predicted octanol–water partition coefficient (Wildman–Crippen LogP) is 2.77. The molecule has 28 heavy (non-hydrogen) atoms. The largest absolute Gasteiger partial charge is 0.481 e. The molecule has 0 unspecified atom stereocenters. The van der Waals surface area contributed by atoms with Crippen molar-refractivity contribution >= 4 is 22.6 Å². The van der Waals surface area contributed by atoms with Crippen LogP contribution >= 0.6 is 0 Å². The number of rotatable bonds is 5. The van der Waals surface area contributed by atoms with Gasteiger partial charge in [0, 0.05) is 37.3 Å². The summed E-state index contributed by atoms with van der Waals surface area (Å²) >= 11 is 0. The molecule has 1 N–H and O–H groups in total. The van der Waals surface area contributed by atoms with Crippen LogP contribution in [0.4, 0.5) is 0 Å². The number of benzene rings is 2. The van der Waals surface area contributed by atoms with E-state index in [1.807, 2.05) is 24.3 Å². The minimum atomic E-state index is -0.231. The molecule has 2 heterocycles. The van der Waals surface area contributed by atoms with E-state index in [0.717, 1.165) is 16.3 Å². The van der Waals surface area contributed by atoms with Crippen molar-refractivity contribution in [2.75, 3.05) is 13.7 Å². The number of fused-ring (bicyclic) bond motifs is 1. The number of carbonyl (C=O) groups is 2. The summed E-state index contributed by atoms with van der Waals surface area (Å²) in [5.41, 5.74) is 1.57. The van der Waals surface area contributed by atoms with Gasteiger partial charge in [0.2, 0.25) is 11.8 Å². The average molecular weight is 375 g/mol. The topological polar surface area (TPSA) is 71.5 Å². The molecule has 1 atom stereocenters. The third-order valence-electron chi connectivity index (χ3n) is 5.00. The first-order chi connectivity index (χ1) is 13.6. The van der Waals surface area contributed by atoms with E-state index in [0.29, 0.717) is 31.0 Å². The van der Waals surface area contributed by atoms with Crippen LogP contribution in [0.5, 0.6) is 5.88 Å². The van der Waals surface area contributed by atoms with Gasteiger partial charge in [-0.1, -0.05) is 42.5 Å². The number of amides is 2. The Morgan fingerprint density at radius 3 is 2.89 bits per heavy atom. The molecule has 1 aliphatic heterocycles. The molecule has 2 aromatic carbocycles. The molecular formula is C22H21N3O3. The minimum absolute atomic E-state index is 0.0468. The Labute approximate surface area is 163 Å². The van der Waals surface area contributed by atoms with Gasteiger partial charge >= 0.3 is 0 Å². The number of hydrogen-bond acceptors (Lipinski definition) is 4. The SMILES string of the molecule is COc1cc(C(=O)N[C@@H]2CC(=O)N(Cc3cccc4ccccc34)C2)ccn1. The molecule has 3 aromatic rings. The molecule has 0 radical (unpaired) electrons. The van der Waals surface area contributed by atoms with Crippen LogP contribution < -0.4 is 10.1 Å². The van der Waals surface area contributed by atoms with Crippen molar-refractivity contribution in [3.63, 3.8) is 0 Å². The summed E-state index contributed by atoms with van der Waals surface area (Å²) in [6.45, 7) is 1.03. The number of nitrogens with zero attached hydrogens (tertiary/aromatic N) is 2. The number of aromatic nitrogens is 1. The van der Waals surface area contributed by atoms with Gasteiger partial charge in [-0.15, -0.1) is 0 Å². The maximum Gasteiger partial charge on any atom is 0.251 e. The standard InChI is InChI=1S/C22H21N3O3/c1-28-20-11-16(9-10-23-20)22(27)24-18-12-21(26)25(14-18)13-17-7-4-6-15-5-2-3-8-19(15)17/h2-11,18H,12-14H2,1H3,(H,24,27)/t18-/m1/s1. The van der Waals surface area contributed by atoms with E-state index in [1.54, 1.807) is 17.0 Å². The number of pyridine rings is 1.